The minimum Gasteiger partial charge on any atom is -0.444 e. The van der Waals surface area contributed by atoms with Gasteiger partial charge in [-0.05, 0) is 81.3 Å². The first kappa shape index (κ1) is 24.6. The van der Waals surface area contributed by atoms with Crippen molar-refractivity contribution in [1.82, 2.24) is 10.6 Å². The monoisotopic (exact) mass is 485 g/mol. The van der Waals surface area contributed by atoms with Gasteiger partial charge in [0.1, 0.15) is 5.60 Å². The summed E-state index contributed by atoms with van der Waals surface area (Å²) in [6.45, 7) is 7.15. The Morgan fingerprint density at radius 2 is 1.91 bits per heavy atom. The molecule has 3 aliphatic rings. The van der Waals surface area contributed by atoms with Gasteiger partial charge in [0.25, 0.3) is 11.1 Å². The van der Waals surface area contributed by atoms with E-state index in [0.717, 1.165) is 55.2 Å². The van der Waals surface area contributed by atoms with Crippen LogP contribution in [0.25, 0.3) is 6.08 Å². The molecule has 184 valence electrons. The minimum atomic E-state index is -0.539. The molecule has 3 fully saturated rings. The van der Waals surface area contributed by atoms with Gasteiger partial charge in [-0.1, -0.05) is 37.5 Å². The Morgan fingerprint density at radius 3 is 2.59 bits per heavy atom. The lowest BCUT2D eigenvalue weighted by atomic mass is 9.82. The third-order valence-corrected chi connectivity index (χ3v) is 7.34. The van der Waals surface area contributed by atoms with Gasteiger partial charge in [0, 0.05) is 24.8 Å². The molecule has 1 atom stereocenters. The van der Waals surface area contributed by atoms with E-state index < -0.39 is 5.60 Å². The Morgan fingerprint density at radius 1 is 1.15 bits per heavy atom. The zero-order chi connectivity index (χ0) is 24.3. The smallest absolute Gasteiger partial charge is 0.407 e. The van der Waals surface area contributed by atoms with Crippen molar-refractivity contribution in [3.8, 4) is 0 Å². The van der Waals surface area contributed by atoms with Gasteiger partial charge in [-0.3, -0.25) is 14.9 Å². The molecule has 0 unspecified atom stereocenters. The largest absolute Gasteiger partial charge is 0.444 e. The van der Waals surface area contributed by atoms with Crippen LogP contribution in [0.15, 0.2) is 23.1 Å². The molecule has 8 heteroatoms. The molecule has 7 nitrogen and oxygen atoms in total. The summed E-state index contributed by atoms with van der Waals surface area (Å²) in [6, 6.07) is 6.27. The summed E-state index contributed by atoms with van der Waals surface area (Å²) in [7, 11) is 0. The quantitative estimate of drug-likeness (QED) is 0.544. The number of carbonyl (C=O) groups excluding carboxylic acids is 3. The van der Waals surface area contributed by atoms with E-state index in [1.807, 2.05) is 32.9 Å². The zero-order valence-electron chi connectivity index (χ0n) is 20.3. The highest BCUT2D eigenvalue weighted by molar-refractivity contribution is 8.18. The van der Waals surface area contributed by atoms with Crippen molar-refractivity contribution in [1.29, 1.82) is 0 Å². The second-order valence-corrected chi connectivity index (χ2v) is 11.4. The number of hydrogen-bond acceptors (Lipinski definition) is 6. The lowest BCUT2D eigenvalue weighted by Crippen LogP contribution is -2.49. The minimum absolute atomic E-state index is 0.0192. The maximum Gasteiger partial charge on any atom is 0.407 e. The molecule has 3 amide bonds. The van der Waals surface area contributed by atoms with Gasteiger partial charge in [-0.2, -0.15) is 0 Å². The highest BCUT2D eigenvalue weighted by atomic mass is 32.2. The number of nitrogens with one attached hydrogen (secondary N) is 2. The van der Waals surface area contributed by atoms with Crippen LogP contribution in [0.2, 0.25) is 0 Å². The zero-order valence-corrected chi connectivity index (χ0v) is 21.1. The van der Waals surface area contributed by atoms with Gasteiger partial charge in [-0.15, -0.1) is 0 Å². The summed E-state index contributed by atoms with van der Waals surface area (Å²) in [5.74, 6) is 0.139. The highest BCUT2D eigenvalue weighted by Gasteiger charge is 2.30. The molecule has 2 N–H and O–H groups in total. The Balaban J connectivity index is 1.64. The van der Waals surface area contributed by atoms with E-state index >= 15 is 0 Å². The van der Waals surface area contributed by atoms with E-state index in [4.69, 9.17) is 4.74 Å². The average molecular weight is 486 g/mol. The van der Waals surface area contributed by atoms with Gasteiger partial charge in [0.15, 0.2) is 0 Å². The van der Waals surface area contributed by atoms with Gasteiger partial charge < -0.3 is 15.0 Å². The molecule has 2 heterocycles. The van der Waals surface area contributed by atoms with Crippen LogP contribution in [0.1, 0.15) is 82.8 Å². The van der Waals surface area contributed by atoms with Crippen molar-refractivity contribution < 1.29 is 19.1 Å². The summed E-state index contributed by atoms with van der Waals surface area (Å²) < 4.78 is 5.48. The number of thioether (sulfide) groups is 1. The first-order valence-electron chi connectivity index (χ1n) is 12.3. The molecule has 0 bridgehead atoms. The maximum absolute atomic E-state index is 12.4. The van der Waals surface area contributed by atoms with E-state index in [1.165, 1.54) is 24.8 Å². The Labute approximate surface area is 206 Å². The molecule has 1 saturated carbocycles. The summed E-state index contributed by atoms with van der Waals surface area (Å²) in [5, 5.41) is 5.07. The van der Waals surface area contributed by atoms with Crippen LogP contribution >= 0.6 is 11.8 Å². The van der Waals surface area contributed by atoms with Crippen LogP contribution < -0.4 is 15.5 Å². The predicted molar refractivity (Wildman–Crippen MR) is 136 cm³/mol. The SMILES string of the molecule is CC(C)(C)OC(=O)N[C@@H]1CCCN(c2c(/C=C3\SC(=O)NC3=O)cccc2C2CCCCC2)C1. The Kier molecular flexibility index (Phi) is 7.55. The lowest BCUT2D eigenvalue weighted by molar-refractivity contribution is -0.115. The summed E-state index contributed by atoms with van der Waals surface area (Å²) in [5.41, 5.74) is 2.85. The van der Waals surface area contributed by atoms with Crippen molar-refractivity contribution in [2.75, 3.05) is 18.0 Å². The molecule has 1 aromatic carbocycles. The lowest BCUT2D eigenvalue weighted by Gasteiger charge is -2.38. The molecule has 0 spiro atoms. The second kappa shape index (κ2) is 10.4. The summed E-state index contributed by atoms with van der Waals surface area (Å²) in [6.07, 6.45) is 9.35. The number of benzene rings is 1. The molecule has 0 aromatic heterocycles. The molecule has 2 saturated heterocycles. The third kappa shape index (κ3) is 6.14. The summed E-state index contributed by atoms with van der Waals surface area (Å²) in [4.78, 5) is 39.2. The molecule has 2 aliphatic heterocycles. The topological polar surface area (TPSA) is 87.7 Å². The molecule has 4 rings (SSSR count). The second-order valence-electron chi connectivity index (χ2n) is 10.4. The number of hydrogen-bond donors (Lipinski definition) is 2. The van der Waals surface area contributed by atoms with Crippen molar-refractivity contribution in [3.63, 3.8) is 0 Å². The fourth-order valence-corrected chi connectivity index (χ4v) is 5.81. The number of alkyl carbamates (subject to hydrolysis) is 1. The number of carbonyl (C=O) groups is 3. The summed E-state index contributed by atoms with van der Waals surface area (Å²) >= 11 is 0.949. The van der Waals surface area contributed by atoms with E-state index in [2.05, 4.69) is 27.7 Å². The van der Waals surface area contributed by atoms with Crippen molar-refractivity contribution in [2.45, 2.75) is 83.3 Å². The number of para-hydroxylation sites is 1. The van der Waals surface area contributed by atoms with E-state index in [1.54, 1.807) is 0 Å². The van der Waals surface area contributed by atoms with Crippen molar-refractivity contribution in [2.24, 2.45) is 0 Å². The van der Waals surface area contributed by atoms with Crippen molar-refractivity contribution >= 4 is 40.8 Å². The number of ether oxygens (including phenoxy) is 1. The molecule has 0 radical (unpaired) electrons. The maximum atomic E-state index is 12.4. The number of imide groups is 1. The fraction of sp³-hybridized carbons (Fsp3) is 0.577. The van der Waals surface area contributed by atoms with Gasteiger partial charge in [0.2, 0.25) is 0 Å². The Hall–Kier alpha value is -2.48. The fourth-order valence-electron chi connectivity index (χ4n) is 5.14. The molecular formula is C26H35N3O4S. The average Bonchev–Trinajstić information content (AvgIpc) is 3.09. The van der Waals surface area contributed by atoms with Crippen LogP contribution in [-0.4, -0.2) is 42.0 Å². The normalized spacial score (nSPS) is 23.2. The molecular weight excluding hydrogens is 450 g/mol. The van der Waals surface area contributed by atoms with Crippen LogP contribution in [-0.2, 0) is 9.53 Å². The first-order chi connectivity index (χ1) is 16.2. The molecule has 1 aromatic rings. The van der Waals surface area contributed by atoms with Crippen LogP contribution in [0, 0.1) is 0 Å². The number of amides is 3. The van der Waals surface area contributed by atoms with Crippen LogP contribution in [0.4, 0.5) is 15.3 Å². The number of nitrogens with zero attached hydrogens (tertiary/aromatic N) is 1. The predicted octanol–water partition coefficient (Wildman–Crippen LogP) is 5.55. The van der Waals surface area contributed by atoms with Gasteiger partial charge in [0.05, 0.1) is 4.91 Å². The molecule has 34 heavy (non-hydrogen) atoms. The molecule has 1 aliphatic carbocycles. The third-order valence-electron chi connectivity index (χ3n) is 6.53. The van der Waals surface area contributed by atoms with Crippen LogP contribution in [0.5, 0.6) is 0 Å². The number of piperidine rings is 1. The van der Waals surface area contributed by atoms with Gasteiger partial charge >= 0.3 is 6.09 Å². The Bertz CT molecular complexity index is 979. The van der Waals surface area contributed by atoms with E-state index in [0.29, 0.717) is 17.4 Å². The number of anilines is 1. The standard InChI is InChI=1S/C26H35N3O4S/c1-26(2,3)33-24(31)27-19-12-8-14-29(16-19)22-18(15-21-23(30)28-25(32)34-21)11-7-13-20(22)17-9-5-4-6-10-17/h7,11,13,15,17,19H,4-6,8-10,12,14,16H2,1-3H3,(H,27,31)(H,28,30,32)/b21-15-/t19-/m1/s1. The van der Waals surface area contributed by atoms with E-state index in [9.17, 15) is 14.4 Å². The van der Waals surface area contributed by atoms with Crippen LogP contribution in [0.3, 0.4) is 0 Å². The van der Waals surface area contributed by atoms with Gasteiger partial charge in [-0.25, -0.2) is 4.79 Å². The number of rotatable bonds is 4. The van der Waals surface area contributed by atoms with Crippen molar-refractivity contribution in [3.05, 3.63) is 34.2 Å². The highest BCUT2D eigenvalue weighted by Crippen LogP contribution is 2.41. The van der Waals surface area contributed by atoms with E-state index in [-0.39, 0.29) is 23.3 Å². The first-order valence-corrected chi connectivity index (χ1v) is 13.1.